The minimum Gasteiger partial charge on any atom is -0.463 e. The lowest BCUT2D eigenvalue weighted by Crippen LogP contribution is -2.27. The number of unbranched alkanes of at least 4 members (excludes halogenated alkanes) is 11. The molecule has 0 rings (SSSR count). The first-order valence-corrected chi connectivity index (χ1v) is 16.9. The molecule has 2 atom stereocenters. The van der Waals surface area contributed by atoms with Gasteiger partial charge in [-0.25, -0.2) is 4.57 Å². The van der Waals surface area contributed by atoms with Crippen molar-refractivity contribution in [3.05, 3.63) is 36.5 Å². The number of esters is 1. The van der Waals surface area contributed by atoms with Gasteiger partial charge in [0.2, 0.25) is 5.91 Å². The Morgan fingerprint density at radius 3 is 1.90 bits per heavy atom. The van der Waals surface area contributed by atoms with Crippen molar-refractivity contribution in [2.75, 3.05) is 26.4 Å². The van der Waals surface area contributed by atoms with Crippen LogP contribution in [-0.4, -0.2) is 54.3 Å². The Hall–Kier alpha value is -1.77. The summed E-state index contributed by atoms with van der Waals surface area (Å²) >= 11 is 0. The van der Waals surface area contributed by atoms with Gasteiger partial charge in [-0.05, 0) is 44.9 Å². The van der Waals surface area contributed by atoms with Crippen molar-refractivity contribution in [3.8, 4) is 0 Å². The van der Waals surface area contributed by atoms with E-state index in [4.69, 9.17) is 4.52 Å². The van der Waals surface area contributed by atoms with Crippen LogP contribution < -0.4 is 5.32 Å². The molecule has 0 aromatic carbocycles. The number of amides is 1. The van der Waals surface area contributed by atoms with Crippen molar-refractivity contribution in [3.63, 3.8) is 0 Å². The van der Waals surface area contributed by atoms with Crippen LogP contribution in [0, 0.1) is 0 Å². The molecule has 0 saturated heterocycles. The van der Waals surface area contributed by atoms with Crippen LogP contribution in [0.5, 0.6) is 0 Å². The molecule has 0 saturated carbocycles. The summed E-state index contributed by atoms with van der Waals surface area (Å²) in [6, 6.07) is 0. The topological polar surface area (TPSA) is 131 Å². The number of ether oxygens (including phenoxy) is 1. The second-order valence-electron chi connectivity index (χ2n) is 10.2. The summed E-state index contributed by atoms with van der Waals surface area (Å²) in [5, 5.41) is 12.2. The highest BCUT2D eigenvalue weighted by Crippen LogP contribution is 2.42. The molecule has 10 heteroatoms. The van der Waals surface area contributed by atoms with E-state index in [0.717, 1.165) is 38.5 Å². The van der Waals surface area contributed by atoms with Gasteiger partial charge in [0, 0.05) is 19.9 Å². The van der Waals surface area contributed by atoms with E-state index in [1.54, 1.807) is 0 Å². The van der Waals surface area contributed by atoms with E-state index in [2.05, 4.69) is 58.0 Å². The molecule has 2 unspecified atom stereocenters. The van der Waals surface area contributed by atoms with Gasteiger partial charge < -0.3 is 20.1 Å². The van der Waals surface area contributed by atoms with Crippen LogP contribution in [0.3, 0.4) is 0 Å². The SMILES string of the molecule is CCCCC/C=C\C/C=C\C/C=C\CCCCCCCCCCC(=O)NCCOP(=O)(O)OCC(O)COC(C)=O. The van der Waals surface area contributed by atoms with Crippen molar-refractivity contribution in [1.29, 1.82) is 0 Å². The van der Waals surface area contributed by atoms with Crippen LogP contribution in [0.4, 0.5) is 0 Å². The zero-order valence-electron chi connectivity index (χ0n) is 25.5. The minimum absolute atomic E-state index is 0.0749. The fourth-order valence-corrected chi connectivity index (χ4v) is 4.57. The minimum atomic E-state index is -4.37. The van der Waals surface area contributed by atoms with Gasteiger partial charge >= 0.3 is 13.8 Å². The lowest BCUT2D eigenvalue weighted by Gasteiger charge is -2.15. The van der Waals surface area contributed by atoms with Gasteiger partial charge in [0.1, 0.15) is 12.7 Å². The normalized spacial score (nSPS) is 14.1. The monoisotopic (exact) mass is 601 g/mol. The number of nitrogens with one attached hydrogen (secondary N) is 1. The molecule has 9 nitrogen and oxygen atoms in total. The van der Waals surface area contributed by atoms with Crippen LogP contribution in [-0.2, 0) is 27.9 Å². The number of hydrogen-bond acceptors (Lipinski definition) is 7. The molecule has 0 radical (unpaired) electrons. The second-order valence-corrected chi connectivity index (χ2v) is 11.6. The number of aliphatic hydroxyl groups excluding tert-OH is 1. The Kier molecular flexibility index (Phi) is 27.1. The molecule has 0 aliphatic carbocycles. The Bertz CT molecular complexity index is 784. The zero-order chi connectivity index (χ0) is 30.4. The zero-order valence-corrected chi connectivity index (χ0v) is 26.4. The molecule has 0 aliphatic rings. The summed E-state index contributed by atoms with van der Waals surface area (Å²) in [7, 11) is -4.37. The van der Waals surface area contributed by atoms with Crippen LogP contribution in [0.15, 0.2) is 36.5 Å². The number of phosphoric ester groups is 1. The Morgan fingerprint density at radius 1 is 0.780 bits per heavy atom. The van der Waals surface area contributed by atoms with Gasteiger partial charge in [-0.2, -0.15) is 0 Å². The van der Waals surface area contributed by atoms with Crippen LogP contribution >= 0.6 is 7.82 Å². The Labute approximate surface area is 248 Å². The lowest BCUT2D eigenvalue weighted by molar-refractivity contribution is -0.144. The number of allylic oxidation sites excluding steroid dienone is 6. The maximum absolute atomic E-state index is 11.9. The molecule has 0 fully saturated rings. The smallest absolute Gasteiger partial charge is 0.463 e. The van der Waals surface area contributed by atoms with Crippen molar-refractivity contribution in [1.82, 2.24) is 5.32 Å². The first kappa shape index (κ1) is 39.2. The third-order valence-corrected chi connectivity index (χ3v) is 7.12. The fourth-order valence-electron chi connectivity index (χ4n) is 3.82. The first-order chi connectivity index (χ1) is 19.8. The maximum Gasteiger partial charge on any atom is 0.472 e. The number of hydrogen-bond donors (Lipinski definition) is 3. The molecule has 0 bridgehead atoms. The predicted molar refractivity (Wildman–Crippen MR) is 164 cm³/mol. The summed E-state index contributed by atoms with van der Waals surface area (Å²) in [5.41, 5.74) is 0. The van der Waals surface area contributed by atoms with E-state index >= 15 is 0 Å². The molecular weight excluding hydrogens is 545 g/mol. The average molecular weight is 602 g/mol. The second kappa shape index (κ2) is 28.4. The highest BCUT2D eigenvalue weighted by Gasteiger charge is 2.23. The van der Waals surface area contributed by atoms with Gasteiger partial charge in [0.05, 0.1) is 13.2 Å². The van der Waals surface area contributed by atoms with Gasteiger partial charge in [0.15, 0.2) is 0 Å². The Balaban J connectivity index is 3.51. The summed E-state index contributed by atoms with van der Waals surface area (Å²) in [6.07, 6.45) is 30.2. The van der Waals surface area contributed by atoms with Gasteiger partial charge in [-0.15, -0.1) is 0 Å². The van der Waals surface area contributed by atoms with Crippen molar-refractivity contribution >= 4 is 19.7 Å². The molecule has 0 heterocycles. The number of rotatable bonds is 28. The van der Waals surface area contributed by atoms with E-state index in [1.807, 2.05) is 0 Å². The lowest BCUT2D eigenvalue weighted by atomic mass is 10.1. The molecular formula is C31H56NO8P. The van der Waals surface area contributed by atoms with E-state index in [0.29, 0.717) is 6.42 Å². The molecule has 238 valence electrons. The Morgan fingerprint density at radius 2 is 1.32 bits per heavy atom. The number of carbonyl (C=O) groups excluding carboxylic acids is 2. The van der Waals surface area contributed by atoms with Gasteiger partial charge in [-0.1, -0.05) is 94.7 Å². The summed E-state index contributed by atoms with van der Waals surface area (Å²) in [4.78, 5) is 32.1. The predicted octanol–water partition coefficient (Wildman–Crippen LogP) is 7.09. The molecule has 0 aromatic heterocycles. The molecule has 0 aromatic rings. The number of carbonyl (C=O) groups is 2. The average Bonchev–Trinajstić information content (AvgIpc) is 2.94. The van der Waals surface area contributed by atoms with Gasteiger partial charge in [0.25, 0.3) is 0 Å². The fraction of sp³-hybridized carbons (Fsp3) is 0.742. The standard InChI is InChI=1S/C31H56NO8P/c1-3-4-5-6-7-8-9-10-11-12-13-14-15-16-17-18-19-20-21-22-23-24-31(35)32-25-26-39-41(36,37)40-28-30(34)27-38-29(2)33/h7-8,10-11,13-14,30,34H,3-6,9,12,15-28H2,1-2H3,(H,32,35)(H,36,37)/b8-7-,11-10-,14-13-. The third-order valence-electron chi connectivity index (χ3n) is 6.13. The maximum atomic E-state index is 11.9. The largest absolute Gasteiger partial charge is 0.472 e. The molecule has 1 amide bonds. The number of phosphoric acid groups is 1. The highest BCUT2D eigenvalue weighted by molar-refractivity contribution is 7.47. The van der Waals surface area contributed by atoms with Crippen molar-refractivity contribution < 1.29 is 37.9 Å². The molecule has 41 heavy (non-hydrogen) atoms. The quantitative estimate of drug-likeness (QED) is 0.0375. The molecule has 0 spiro atoms. The van der Waals surface area contributed by atoms with Crippen LogP contribution in [0.2, 0.25) is 0 Å². The molecule has 3 N–H and O–H groups in total. The van der Waals surface area contributed by atoms with E-state index in [-0.39, 0.29) is 25.7 Å². The van der Waals surface area contributed by atoms with Crippen LogP contribution in [0.25, 0.3) is 0 Å². The number of aliphatic hydroxyl groups is 1. The van der Waals surface area contributed by atoms with Crippen molar-refractivity contribution in [2.45, 2.75) is 123 Å². The van der Waals surface area contributed by atoms with E-state index < -0.39 is 26.5 Å². The van der Waals surface area contributed by atoms with E-state index in [1.165, 1.54) is 64.7 Å². The summed E-state index contributed by atoms with van der Waals surface area (Å²) < 4.78 is 25.7. The summed E-state index contributed by atoms with van der Waals surface area (Å²) in [6.45, 7) is 2.41. The first-order valence-electron chi connectivity index (χ1n) is 15.4. The summed E-state index contributed by atoms with van der Waals surface area (Å²) in [5.74, 6) is -0.707. The molecule has 0 aliphatic heterocycles. The highest BCUT2D eigenvalue weighted by atomic mass is 31.2. The third kappa shape index (κ3) is 31.0. The van der Waals surface area contributed by atoms with Gasteiger partial charge in [-0.3, -0.25) is 18.6 Å². The van der Waals surface area contributed by atoms with Crippen LogP contribution in [0.1, 0.15) is 117 Å². The van der Waals surface area contributed by atoms with E-state index in [9.17, 15) is 24.2 Å². The van der Waals surface area contributed by atoms with Crippen molar-refractivity contribution in [2.24, 2.45) is 0 Å².